The van der Waals surface area contributed by atoms with Crippen LogP contribution >= 0.6 is 11.6 Å². The van der Waals surface area contributed by atoms with Crippen molar-refractivity contribution >= 4 is 17.5 Å². The molecule has 4 rings (SSSR count). The summed E-state index contributed by atoms with van der Waals surface area (Å²) in [6.07, 6.45) is 0. The molecule has 0 saturated heterocycles. The molecule has 4 aromatic rings. The van der Waals surface area contributed by atoms with Crippen molar-refractivity contribution in [3.63, 3.8) is 0 Å². The smallest absolute Gasteiger partial charge is 0.267 e. The van der Waals surface area contributed by atoms with Crippen molar-refractivity contribution in [3.8, 4) is 22.5 Å². The summed E-state index contributed by atoms with van der Waals surface area (Å²) in [7, 11) is 0. The number of nitrogens with one attached hydrogen (secondary N) is 1. The number of nitrogens with zero attached hydrogens (tertiary/aromatic N) is 3. The van der Waals surface area contributed by atoms with E-state index in [1.165, 1.54) is 4.79 Å². The summed E-state index contributed by atoms with van der Waals surface area (Å²) < 4.78 is 0. The summed E-state index contributed by atoms with van der Waals surface area (Å²) in [5.41, 5.74) is 6.50. The van der Waals surface area contributed by atoms with E-state index in [2.05, 4.69) is 15.7 Å². The molecule has 3 aromatic carbocycles. The van der Waals surface area contributed by atoms with Crippen LogP contribution in [0.25, 0.3) is 22.5 Å². The van der Waals surface area contributed by atoms with E-state index in [0.29, 0.717) is 22.0 Å². The first-order valence-electron chi connectivity index (χ1n) is 8.36. The highest BCUT2D eigenvalue weighted by Gasteiger charge is 2.18. The minimum absolute atomic E-state index is 0.298. The Kier molecular flexibility index (Phi) is 4.68. The maximum Gasteiger partial charge on any atom is 0.271 e. The van der Waals surface area contributed by atoms with Crippen LogP contribution in [0.15, 0.2) is 84.9 Å². The maximum absolute atomic E-state index is 12.6. The van der Waals surface area contributed by atoms with E-state index in [4.69, 9.17) is 11.6 Å². The van der Waals surface area contributed by atoms with E-state index < -0.39 is 0 Å². The largest absolute Gasteiger partial charge is 0.271 e. The van der Waals surface area contributed by atoms with Crippen molar-refractivity contribution in [2.75, 3.05) is 5.43 Å². The Morgan fingerprint density at radius 3 is 2.04 bits per heavy atom. The van der Waals surface area contributed by atoms with Gasteiger partial charge in [0.25, 0.3) is 5.91 Å². The molecule has 27 heavy (non-hydrogen) atoms. The summed E-state index contributed by atoms with van der Waals surface area (Å²) in [6, 6.07) is 26.1. The second-order valence-corrected chi connectivity index (χ2v) is 6.31. The number of amides is 1. The van der Waals surface area contributed by atoms with Crippen LogP contribution in [-0.2, 0) is 0 Å². The maximum atomic E-state index is 12.6. The van der Waals surface area contributed by atoms with Crippen LogP contribution in [0.1, 0.15) is 10.4 Å². The van der Waals surface area contributed by atoms with Crippen LogP contribution in [-0.4, -0.2) is 21.0 Å². The van der Waals surface area contributed by atoms with Gasteiger partial charge in [0.05, 0.1) is 0 Å². The molecule has 0 unspecified atom stereocenters. The van der Waals surface area contributed by atoms with Gasteiger partial charge in [0, 0.05) is 21.7 Å². The third-order valence-electron chi connectivity index (χ3n) is 4.08. The number of hydrogen-bond acceptors (Lipinski definition) is 3. The summed E-state index contributed by atoms with van der Waals surface area (Å²) in [5, 5.41) is 9.03. The molecule has 0 saturated carbocycles. The highest BCUT2D eigenvalue weighted by molar-refractivity contribution is 6.30. The molecule has 0 aliphatic carbocycles. The molecule has 132 valence electrons. The fourth-order valence-corrected chi connectivity index (χ4v) is 2.89. The van der Waals surface area contributed by atoms with Gasteiger partial charge >= 0.3 is 0 Å². The van der Waals surface area contributed by atoms with Crippen molar-refractivity contribution in [3.05, 3.63) is 95.5 Å². The molecule has 0 bridgehead atoms. The molecule has 0 fully saturated rings. The highest BCUT2D eigenvalue weighted by atomic mass is 35.5. The van der Waals surface area contributed by atoms with Gasteiger partial charge in [-0.25, -0.2) is 5.43 Å². The van der Waals surface area contributed by atoms with E-state index >= 15 is 0 Å². The van der Waals surface area contributed by atoms with Gasteiger partial charge in [-0.1, -0.05) is 72.3 Å². The molecular formula is C21H15ClN4O. The average Bonchev–Trinajstić information content (AvgIpc) is 3.13. The van der Waals surface area contributed by atoms with Crippen LogP contribution < -0.4 is 5.43 Å². The quantitative estimate of drug-likeness (QED) is 0.565. The third kappa shape index (κ3) is 3.59. The lowest BCUT2D eigenvalue weighted by atomic mass is 10.1. The standard InChI is InChI=1S/C21H15ClN4O/c22-18-13-11-17(12-14-18)21(27)24-26-20(16-9-5-2-6-10-16)19(23-25-26)15-7-3-1-4-8-15/h1-14H,(H,24,27). The van der Waals surface area contributed by atoms with Crippen LogP contribution in [0.4, 0.5) is 0 Å². The van der Waals surface area contributed by atoms with E-state index in [9.17, 15) is 4.79 Å². The number of carbonyl (C=O) groups is 1. The zero-order valence-electron chi connectivity index (χ0n) is 14.2. The first-order valence-corrected chi connectivity index (χ1v) is 8.73. The monoisotopic (exact) mass is 374 g/mol. The van der Waals surface area contributed by atoms with Gasteiger partial charge in [0.1, 0.15) is 11.4 Å². The predicted octanol–water partition coefficient (Wildman–Crippen LogP) is 4.65. The lowest BCUT2D eigenvalue weighted by Gasteiger charge is -2.10. The van der Waals surface area contributed by atoms with Crippen LogP contribution in [0.2, 0.25) is 5.02 Å². The molecule has 1 aromatic heterocycles. The number of aromatic nitrogens is 3. The second-order valence-electron chi connectivity index (χ2n) is 5.88. The zero-order valence-corrected chi connectivity index (χ0v) is 15.0. The van der Waals surface area contributed by atoms with Crippen molar-refractivity contribution in [2.45, 2.75) is 0 Å². The van der Waals surface area contributed by atoms with E-state index in [1.54, 1.807) is 24.3 Å². The Morgan fingerprint density at radius 1 is 0.815 bits per heavy atom. The fraction of sp³-hybridized carbons (Fsp3) is 0. The molecule has 1 amide bonds. The molecule has 1 heterocycles. The Balaban J connectivity index is 1.76. The summed E-state index contributed by atoms with van der Waals surface area (Å²) in [4.78, 5) is 14.0. The Labute approximate surface area is 161 Å². The molecular weight excluding hydrogens is 360 g/mol. The Morgan fingerprint density at radius 2 is 1.41 bits per heavy atom. The van der Waals surface area contributed by atoms with E-state index in [-0.39, 0.29) is 5.91 Å². The molecule has 0 radical (unpaired) electrons. The van der Waals surface area contributed by atoms with Crippen molar-refractivity contribution in [1.82, 2.24) is 15.1 Å². The van der Waals surface area contributed by atoms with Crippen LogP contribution in [0.5, 0.6) is 0 Å². The third-order valence-corrected chi connectivity index (χ3v) is 4.33. The number of rotatable bonds is 4. The SMILES string of the molecule is O=C(Nn1nnc(-c2ccccc2)c1-c1ccccc1)c1ccc(Cl)cc1. The van der Waals surface area contributed by atoms with Gasteiger partial charge in [0.15, 0.2) is 0 Å². The summed E-state index contributed by atoms with van der Waals surface area (Å²) in [5.74, 6) is -0.298. The Bertz CT molecular complexity index is 1060. The van der Waals surface area contributed by atoms with Crippen LogP contribution in [0, 0.1) is 0 Å². The van der Waals surface area contributed by atoms with Crippen molar-refractivity contribution in [2.24, 2.45) is 0 Å². The fourth-order valence-electron chi connectivity index (χ4n) is 2.77. The van der Waals surface area contributed by atoms with Crippen molar-refractivity contribution < 1.29 is 4.79 Å². The lowest BCUT2D eigenvalue weighted by molar-refractivity contribution is 0.100. The highest BCUT2D eigenvalue weighted by Crippen LogP contribution is 2.29. The van der Waals surface area contributed by atoms with Gasteiger partial charge in [-0.2, -0.15) is 4.79 Å². The zero-order chi connectivity index (χ0) is 18.6. The van der Waals surface area contributed by atoms with Gasteiger partial charge in [-0.05, 0) is 29.5 Å². The van der Waals surface area contributed by atoms with Gasteiger partial charge in [-0.3, -0.25) is 4.79 Å². The van der Waals surface area contributed by atoms with Gasteiger partial charge in [-0.15, -0.1) is 5.10 Å². The number of hydrogen-bond donors (Lipinski definition) is 1. The molecule has 0 aliphatic rings. The minimum Gasteiger partial charge on any atom is -0.267 e. The predicted molar refractivity (Wildman–Crippen MR) is 106 cm³/mol. The molecule has 0 atom stereocenters. The number of carbonyl (C=O) groups excluding carboxylic acids is 1. The summed E-state index contributed by atoms with van der Waals surface area (Å²) >= 11 is 5.89. The Hall–Kier alpha value is -3.44. The van der Waals surface area contributed by atoms with Gasteiger partial charge < -0.3 is 0 Å². The normalized spacial score (nSPS) is 10.6. The molecule has 6 heteroatoms. The summed E-state index contributed by atoms with van der Waals surface area (Å²) in [6.45, 7) is 0. The first kappa shape index (κ1) is 17.0. The minimum atomic E-state index is -0.298. The number of benzene rings is 3. The van der Waals surface area contributed by atoms with Gasteiger partial charge in [0.2, 0.25) is 0 Å². The van der Waals surface area contributed by atoms with E-state index in [0.717, 1.165) is 11.1 Å². The average molecular weight is 375 g/mol. The van der Waals surface area contributed by atoms with E-state index in [1.807, 2.05) is 60.7 Å². The van der Waals surface area contributed by atoms with Crippen molar-refractivity contribution in [1.29, 1.82) is 0 Å². The number of halogens is 1. The second kappa shape index (κ2) is 7.43. The first-order chi connectivity index (χ1) is 13.2. The molecule has 5 nitrogen and oxygen atoms in total. The van der Waals surface area contributed by atoms with Crippen LogP contribution in [0.3, 0.4) is 0 Å². The lowest BCUT2D eigenvalue weighted by Crippen LogP contribution is -2.24. The molecule has 1 N–H and O–H groups in total. The molecule has 0 spiro atoms. The topological polar surface area (TPSA) is 59.8 Å². The molecule has 0 aliphatic heterocycles.